The van der Waals surface area contributed by atoms with Gasteiger partial charge in [-0.15, -0.1) is 0 Å². The van der Waals surface area contributed by atoms with Gasteiger partial charge in [-0.2, -0.15) is 0 Å². The molecule has 2 rings (SSSR count). The first-order valence-electron chi connectivity index (χ1n) is 5.86. The van der Waals surface area contributed by atoms with Gasteiger partial charge in [-0.05, 0) is 24.9 Å². The minimum Gasteiger partial charge on any atom is -0.326 e. The van der Waals surface area contributed by atoms with Gasteiger partial charge in [0.15, 0.2) is 0 Å². The molecule has 1 fully saturated rings. The molecule has 2 N–H and O–H groups in total. The van der Waals surface area contributed by atoms with Gasteiger partial charge in [0.05, 0.1) is 4.92 Å². The topological polar surface area (TPSA) is 72.4 Å². The molecule has 1 atom stereocenters. The highest BCUT2D eigenvalue weighted by atomic mass is 16.6. The highest BCUT2D eigenvalue weighted by molar-refractivity contribution is 5.32. The van der Waals surface area contributed by atoms with Crippen molar-refractivity contribution in [2.75, 3.05) is 19.6 Å². The van der Waals surface area contributed by atoms with Gasteiger partial charge < -0.3 is 10.6 Å². The van der Waals surface area contributed by atoms with Crippen LogP contribution in [-0.2, 0) is 6.42 Å². The summed E-state index contributed by atoms with van der Waals surface area (Å²) >= 11 is 0. The molecule has 0 aliphatic carbocycles. The van der Waals surface area contributed by atoms with Crippen molar-refractivity contribution in [2.24, 2.45) is 5.73 Å². The summed E-state index contributed by atoms with van der Waals surface area (Å²) in [6.07, 6.45) is 1.99. The van der Waals surface area contributed by atoms with Crippen molar-refractivity contribution in [2.45, 2.75) is 18.9 Å². The summed E-state index contributed by atoms with van der Waals surface area (Å²) < 4.78 is 0. The standard InChI is InChI=1S/C12H17N3O2/c13-11-6-8-14(9-11)7-5-10-1-3-12(4-2-10)15(16)17/h1-4,11H,5-9,13H2/t11-/m0/s1. The van der Waals surface area contributed by atoms with Crippen LogP contribution in [0, 0.1) is 10.1 Å². The average molecular weight is 235 g/mol. The van der Waals surface area contributed by atoms with Crippen LogP contribution in [0.4, 0.5) is 5.69 Å². The number of nitrogens with two attached hydrogens (primary N) is 1. The smallest absolute Gasteiger partial charge is 0.269 e. The van der Waals surface area contributed by atoms with E-state index in [9.17, 15) is 10.1 Å². The molecule has 0 amide bonds. The van der Waals surface area contributed by atoms with Crippen molar-refractivity contribution in [3.8, 4) is 0 Å². The van der Waals surface area contributed by atoms with Crippen LogP contribution in [0.3, 0.4) is 0 Å². The lowest BCUT2D eigenvalue weighted by atomic mass is 10.1. The van der Waals surface area contributed by atoms with Crippen LogP contribution in [0.5, 0.6) is 0 Å². The van der Waals surface area contributed by atoms with Crippen LogP contribution in [-0.4, -0.2) is 35.5 Å². The Hall–Kier alpha value is -1.46. The van der Waals surface area contributed by atoms with E-state index >= 15 is 0 Å². The third-order valence-corrected chi connectivity index (χ3v) is 3.17. The van der Waals surface area contributed by atoms with Crippen molar-refractivity contribution in [1.29, 1.82) is 0 Å². The summed E-state index contributed by atoms with van der Waals surface area (Å²) in [7, 11) is 0. The third kappa shape index (κ3) is 3.25. The molecule has 1 aliphatic rings. The van der Waals surface area contributed by atoms with Gasteiger partial charge in [0.25, 0.3) is 5.69 Å². The van der Waals surface area contributed by atoms with Gasteiger partial charge in [0.1, 0.15) is 0 Å². The first-order valence-corrected chi connectivity index (χ1v) is 5.86. The second kappa shape index (κ2) is 5.25. The fourth-order valence-electron chi connectivity index (χ4n) is 2.14. The number of nitro groups is 1. The molecule has 1 aromatic carbocycles. The van der Waals surface area contributed by atoms with Crippen LogP contribution in [0.1, 0.15) is 12.0 Å². The van der Waals surface area contributed by atoms with Crippen molar-refractivity contribution >= 4 is 5.69 Å². The minimum atomic E-state index is -0.372. The molecule has 5 nitrogen and oxygen atoms in total. The number of hydrogen-bond acceptors (Lipinski definition) is 4. The fraction of sp³-hybridized carbons (Fsp3) is 0.500. The van der Waals surface area contributed by atoms with E-state index in [1.54, 1.807) is 12.1 Å². The van der Waals surface area contributed by atoms with Crippen LogP contribution in [0.15, 0.2) is 24.3 Å². The molecular weight excluding hydrogens is 218 g/mol. The Kier molecular flexibility index (Phi) is 3.71. The largest absolute Gasteiger partial charge is 0.326 e. The number of likely N-dealkylation sites (tertiary alicyclic amines) is 1. The summed E-state index contributed by atoms with van der Waals surface area (Å²) in [5, 5.41) is 10.5. The Labute approximate surface area is 100 Å². The highest BCUT2D eigenvalue weighted by Crippen LogP contribution is 2.13. The Morgan fingerprint density at radius 3 is 2.65 bits per heavy atom. The van der Waals surface area contributed by atoms with E-state index in [0.29, 0.717) is 6.04 Å². The van der Waals surface area contributed by atoms with Gasteiger partial charge in [-0.3, -0.25) is 10.1 Å². The first-order chi connectivity index (χ1) is 8.15. The number of nitrogens with zero attached hydrogens (tertiary/aromatic N) is 2. The molecule has 92 valence electrons. The summed E-state index contributed by atoms with van der Waals surface area (Å²) in [6.45, 7) is 3.01. The van der Waals surface area contributed by atoms with E-state index in [0.717, 1.165) is 38.0 Å². The van der Waals surface area contributed by atoms with E-state index in [-0.39, 0.29) is 10.6 Å². The predicted octanol–water partition coefficient (Wildman–Crippen LogP) is 1.17. The minimum absolute atomic E-state index is 0.150. The van der Waals surface area contributed by atoms with Crippen LogP contribution >= 0.6 is 0 Å². The van der Waals surface area contributed by atoms with Gasteiger partial charge in [0.2, 0.25) is 0 Å². The number of nitro benzene ring substituents is 1. The molecule has 0 saturated carbocycles. The molecule has 1 aromatic rings. The second-order valence-corrected chi connectivity index (χ2v) is 4.52. The van der Waals surface area contributed by atoms with E-state index in [1.165, 1.54) is 0 Å². The third-order valence-electron chi connectivity index (χ3n) is 3.17. The van der Waals surface area contributed by atoms with Gasteiger partial charge >= 0.3 is 0 Å². The summed E-state index contributed by atoms with van der Waals surface area (Å²) in [5.41, 5.74) is 7.12. The molecule has 1 heterocycles. The number of hydrogen-bond donors (Lipinski definition) is 1. The lowest BCUT2D eigenvalue weighted by molar-refractivity contribution is -0.384. The number of rotatable bonds is 4. The van der Waals surface area contributed by atoms with Crippen molar-refractivity contribution in [1.82, 2.24) is 4.90 Å². The quantitative estimate of drug-likeness (QED) is 0.628. The van der Waals surface area contributed by atoms with Gasteiger partial charge in [-0.1, -0.05) is 12.1 Å². The zero-order valence-electron chi connectivity index (χ0n) is 9.71. The SMILES string of the molecule is N[C@H]1CCN(CCc2ccc([N+](=O)[O-])cc2)C1. The van der Waals surface area contributed by atoms with E-state index < -0.39 is 0 Å². The maximum absolute atomic E-state index is 10.5. The normalized spacial score (nSPS) is 20.6. The lowest BCUT2D eigenvalue weighted by Gasteiger charge is -2.14. The molecule has 1 aliphatic heterocycles. The van der Waals surface area contributed by atoms with Gasteiger partial charge in [-0.25, -0.2) is 0 Å². The van der Waals surface area contributed by atoms with E-state index in [1.807, 2.05) is 12.1 Å². The first kappa shape index (κ1) is 12.0. The van der Waals surface area contributed by atoms with Crippen LogP contribution in [0.25, 0.3) is 0 Å². The van der Waals surface area contributed by atoms with Crippen molar-refractivity contribution < 1.29 is 4.92 Å². The molecule has 17 heavy (non-hydrogen) atoms. The summed E-state index contributed by atoms with van der Waals surface area (Å²) in [5.74, 6) is 0. The average Bonchev–Trinajstić information content (AvgIpc) is 2.73. The monoisotopic (exact) mass is 235 g/mol. The second-order valence-electron chi connectivity index (χ2n) is 4.52. The maximum Gasteiger partial charge on any atom is 0.269 e. The van der Waals surface area contributed by atoms with Crippen molar-refractivity contribution in [3.05, 3.63) is 39.9 Å². The molecule has 5 heteroatoms. The molecule has 0 aromatic heterocycles. The molecular formula is C12H17N3O2. The van der Waals surface area contributed by atoms with E-state index in [4.69, 9.17) is 5.73 Å². The summed E-state index contributed by atoms with van der Waals surface area (Å²) in [4.78, 5) is 12.5. The Morgan fingerprint density at radius 2 is 2.12 bits per heavy atom. The lowest BCUT2D eigenvalue weighted by Crippen LogP contribution is -2.28. The Balaban J connectivity index is 1.85. The fourth-order valence-corrected chi connectivity index (χ4v) is 2.14. The Bertz CT molecular complexity index is 391. The molecule has 0 radical (unpaired) electrons. The molecule has 0 spiro atoms. The molecule has 0 bridgehead atoms. The number of benzene rings is 1. The van der Waals surface area contributed by atoms with Crippen molar-refractivity contribution in [3.63, 3.8) is 0 Å². The maximum atomic E-state index is 10.5. The zero-order chi connectivity index (χ0) is 12.3. The molecule has 0 unspecified atom stereocenters. The van der Waals surface area contributed by atoms with Gasteiger partial charge in [0, 0.05) is 31.3 Å². The summed E-state index contributed by atoms with van der Waals surface area (Å²) in [6, 6.07) is 7.09. The van der Waals surface area contributed by atoms with Crippen LogP contribution < -0.4 is 5.73 Å². The Morgan fingerprint density at radius 1 is 1.41 bits per heavy atom. The zero-order valence-corrected chi connectivity index (χ0v) is 9.71. The molecule has 1 saturated heterocycles. The highest BCUT2D eigenvalue weighted by Gasteiger charge is 2.18. The van der Waals surface area contributed by atoms with E-state index in [2.05, 4.69) is 4.90 Å². The van der Waals surface area contributed by atoms with Crippen LogP contribution in [0.2, 0.25) is 0 Å². The predicted molar refractivity (Wildman–Crippen MR) is 65.8 cm³/mol. The number of non-ortho nitro benzene ring substituents is 1.